The molecule has 2 fully saturated rings. The maximum atomic E-state index is 13.0. The fourth-order valence-corrected chi connectivity index (χ4v) is 3.60. The van der Waals surface area contributed by atoms with E-state index in [2.05, 4.69) is 16.0 Å². The van der Waals surface area contributed by atoms with Crippen LogP contribution in [0.3, 0.4) is 0 Å². The highest BCUT2D eigenvalue weighted by atomic mass is 32.2. The van der Waals surface area contributed by atoms with Crippen molar-refractivity contribution in [3.8, 4) is 0 Å². The lowest BCUT2D eigenvalue weighted by molar-refractivity contribution is -0.124. The van der Waals surface area contributed by atoms with Crippen molar-refractivity contribution in [2.75, 3.05) is 13.1 Å². The van der Waals surface area contributed by atoms with Crippen molar-refractivity contribution >= 4 is 46.8 Å². The predicted octanol–water partition coefficient (Wildman–Crippen LogP) is 0.966. The van der Waals surface area contributed by atoms with Crippen molar-refractivity contribution in [1.82, 2.24) is 20.9 Å². The van der Waals surface area contributed by atoms with Gasteiger partial charge in [0.1, 0.15) is 11.9 Å². The Balaban J connectivity index is 1.45. The van der Waals surface area contributed by atoms with Gasteiger partial charge in [0.05, 0.1) is 4.91 Å². The summed E-state index contributed by atoms with van der Waals surface area (Å²) in [4.78, 5) is 59.9. The van der Waals surface area contributed by atoms with E-state index in [9.17, 15) is 28.4 Å². The van der Waals surface area contributed by atoms with E-state index >= 15 is 0 Å². The second-order valence-electron chi connectivity index (χ2n) is 6.29. The number of halogens is 1. The Morgan fingerprint density at radius 2 is 1.93 bits per heavy atom. The van der Waals surface area contributed by atoms with Gasteiger partial charge in [-0.3, -0.25) is 29.4 Å². The van der Waals surface area contributed by atoms with Crippen LogP contribution in [0.25, 0.3) is 6.08 Å². The standard InChI is InChI=1S/C18H17FN4O5S/c19-11-3-1-10(2-4-11)9-13-16(26)23(18(28)29-13)8-7-20-14(24)6-5-12-15(25)22-17(27)21-12/h1-4,9,12H,5-8H2,(H,20,24)(H2,21,22,25,27). The summed E-state index contributed by atoms with van der Waals surface area (Å²) >= 11 is 0.775. The third-order valence-electron chi connectivity index (χ3n) is 4.22. The molecule has 1 aromatic rings. The van der Waals surface area contributed by atoms with E-state index in [0.29, 0.717) is 5.56 Å². The van der Waals surface area contributed by atoms with Gasteiger partial charge < -0.3 is 10.6 Å². The maximum Gasteiger partial charge on any atom is 0.322 e. The van der Waals surface area contributed by atoms with Gasteiger partial charge in [-0.15, -0.1) is 0 Å². The van der Waals surface area contributed by atoms with E-state index in [1.807, 2.05) is 0 Å². The second-order valence-corrected chi connectivity index (χ2v) is 7.28. The van der Waals surface area contributed by atoms with Crippen LogP contribution in [0.4, 0.5) is 14.0 Å². The number of urea groups is 1. The number of amides is 6. The summed E-state index contributed by atoms with van der Waals surface area (Å²) in [5.74, 6) is -1.73. The molecule has 0 saturated carbocycles. The van der Waals surface area contributed by atoms with Gasteiger partial charge in [-0.25, -0.2) is 9.18 Å². The lowest BCUT2D eigenvalue weighted by Gasteiger charge is -2.13. The number of carbonyl (C=O) groups is 5. The number of nitrogens with zero attached hydrogens (tertiary/aromatic N) is 1. The smallest absolute Gasteiger partial charge is 0.322 e. The van der Waals surface area contributed by atoms with Gasteiger partial charge in [-0.1, -0.05) is 12.1 Å². The SMILES string of the molecule is O=C(CCC1NC(=O)NC1=O)NCCN1C(=O)SC(=Cc2ccc(F)cc2)C1=O. The van der Waals surface area contributed by atoms with E-state index in [1.165, 1.54) is 30.3 Å². The molecule has 2 aliphatic heterocycles. The molecule has 2 saturated heterocycles. The molecule has 9 nitrogen and oxygen atoms in total. The van der Waals surface area contributed by atoms with E-state index in [4.69, 9.17) is 0 Å². The molecular formula is C18H17FN4O5S. The highest BCUT2D eigenvalue weighted by molar-refractivity contribution is 8.18. The van der Waals surface area contributed by atoms with Gasteiger partial charge in [0.2, 0.25) is 5.91 Å². The molecular weight excluding hydrogens is 403 g/mol. The highest BCUT2D eigenvalue weighted by Gasteiger charge is 2.34. The number of imide groups is 2. The average Bonchev–Trinajstić information content (AvgIpc) is 3.13. The van der Waals surface area contributed by atoms with Gasteiger partial charge in [0.25, 0.3) is 17.1 Å². The monoisotopic (exact) mass is 420 g/mol. The van der Waals surface area contributed by atoms with Crippen molar-refractivity contribution in [2.24, 2.45) is 0 Å². The summed E-state index contributed by atoms with van der Waals surface area (Å²) in [6, 6.07) is 4.17. The number of hydrogen-bond donors (Lipinski definition) is 3. The normalized spacial score (nSPS) is 20.2. The topological polar surface area (TPSA) is 125 Å². The molecule has 2 aliphatic rings. The number of hydrogen-bond acceptors (Lipinski definition) is 6. The van der Waals surface area contributed by atoms with Crippen molar-refractivity contribution in [3.05, 3.63) is 40.6 Å². The van der Waals surface area contributed by atoms with Crippen molar-refractivity contribution in [2.45, 2.75) is 18.9 Å². The van der Waals surface area contributed by atoms with Gasteiger partial charge in [-0.2, -0.15) is 0 Å². The molecule has 1 unspecified atom stereocenters. The Labute approximate surface area is 169 Å². The van der Waals surface area contributed by atoms with Gasteiger partial charge in [-0.05, 0) is 42.0 Å². The minimum atomic E-state index is -0.745. The van der Waals surface area contributed by atoms with Crippen LogP contribution in [0.15, 0.2) is 29.2 Å². The van der Waals surface area contributed by atoms with Crippen LogP contribution in [0.1, 0.15) is 18.4 Å². The zero-order valence-electron chi connectivity index (χ0n) is 15.1. The summed E-state index contributed by atoms with van der Waals surface area (Å²) in [5.41, 5.74) is 0.591. The number of rotatable bonds is 7. The number of benzene rings is 1. The zero-order valence-corrected chi connectivity index (χ0v) is 15.9. The Bertz CT molecular complexity index is 902. The molecule has 0 aliphatic carbocycles. The highest BCUT2D eigenvalue weighted by Crippen LogP contribution is 2.31. The Kier molecular flexibility index (Phi) is 6.27. The first-order valence-corrected chi connectivity index (χ1v) is 9.54. The molecule has 29 heavy (non-hydrogen) atoms. The van der Waals surface area contributed by atoms with Crippen molar-refractivity contribution in [3.63, 3.8) is 0 Å². The molecule has 0 radical (unpaired) electrons. The third-order valence-corrected chi connectivity index (χ3v) is 5.12. The quantitative estimate of drug-likeness (QED) is 0.446. The summed E-state index contributed by atoms with van der Waals surface area (Å²) in [6.07, 6.45) is 1.65. The van der Waals surface area contributed by atoms with E-state index < -0.39 is 34.9 Å². The van der Waals surface area contributed by atoms with E-state index in [1.54, 1.807) is 0 Å². The molecule has 3 rings (SSSR count). The van der Waals surface area contributed by atoms with Crippen LogP contribution in [-0.4, -0.2) is 53.0 Å². The maximum absolute atomic E-state index is 13.0. The molecule has 2 heterocycles. The molecule has 0 aromatic heterocycles. The first kappa shape index (κ1) is 20.5. The summed E-state index contributed by atoms with van der Waals surface area (Å²) < 4.78 is 13.0. The Hall–Kier alpha value is -3.21. The molecule has 11 heteroatoms. The zero-order chi connectivity index (χ0) is 21.0. The Morgan fingerprint density at radius 1 is 1.21 bits per heavy atom. The molecule has 0 spiro atoms. The number of nitrogens with one attached hydrogen (secondary N) is 3. The largest absolute Gasteiger partial charge is 0.354 e. The van der Waals surface area contributed by atoms with Crippen LogP contribution in [-0.2, 0) is 14.4 Å². The average molecular weight is 420 g/mol. The molecule has 3 N–H and O–H groups in total. The fraction of sp³-hybridized carbons (Fsp3) is 0.278. The van der Waals surface area contributed by atoms with Gasteiger partial charge >= 0.3 is 6.03 Å². The second kappa shape index (κ2) is 8.86. The van der Waals surface area contributed by atoms with E-state index in [0.717, 1.165) is 16.7 Å². The van der Waals surface area contributed by atoms with E-state index in [-0.39, 0.29) is 36.7 Å². The number of thioether (sulfide) groups is 1. The molecule has 0 bridgehead atoms. The van der Waals surface area contributed by atoms with Crippen LogP contribution < -0.4 is 16.0 Å². The van der Waals surface area contributed by atoms with Crippen LogP contribution in [0.5, 0.6) is 0 Å². The first-order chi connectivity index (χ1) is 13.8. The summed E-state index contributed by atoms with van der Waals surface area (Å²) in [6.45, 7) is 0.0573. The molecule has 6 amide bonds. The number of carbonyl (C=O) groups excluding carboxylic acids is 5. The minimum absolute atomic E-state index is 0.00217. The molecule has 1 atom stereocenters. The van der Waals surface area contributed by atoms with Crippen LogP contribution in [0.2, 0.25) is 0 Å². The lowest BCUT2D eigenvalue weighted by atomic mass is 10.1. The predicted molar refractivity (Wildman–Crippen MR) is 102 cm³/mol. The van der Waals surface area contributed by atoms with Crippen molar-refractivity contribution in [1.29, 1.82) is 0 Å². The summed E-state index contributed by atoms with van der Waals surface area (Å²) in [5, 5.41) is 6.58. The molecule has 152 valence electrons. The van der Waals surface area contributed by atoms with Gasteiger partial charge in [0, 0.05) is 19.5 Å². The lowest BCUT2D eigenvalue weighted by Crippen LogP contribution is -2.38. The summed E-state index contributed by atoms with van der Waals surface area (Å²) in [7, 11) is 0. The molecule has 1 aromatic carbocycles. The fourth-order valence-electron chi connectivity index (χ4n) is 2.74. The van der Waals surface area contributed by atoms with Crippen LogP contribution >= 0.6 is 11.8 Å². The Morgan fingerprint density at radius 3 is 2.59 bits per heavy atom. The minimum Gasteiger partial charge on any atom is -0.354 e. The first-order valence-electron chi connectivity index (χ1n) is 8.72. The third kappa shape index (κ3) is 5.19. The van der Waals surface area contributed by atoms with Gasteiger partial charge in [0.15, 0.2) is 0 Å². The van der Waals surface area contributed by atoms with Crippen LogP contribution in [0, 0.1) is 5.82 Å². The van der Waals surface area contributed by atoms with Crippen molar-refractivity contribution < 1.29 is 28.4 Å².